The number of aryl methyl sites for hydroxylation is 1. The maximum absolute atomic E-state index is 9.29. The van der Waals surface area contributed by atoms with Crippen LogP contribution in [0.15, 0.2) is 18.2 Å². The molecule has 1 saturated carbocycles. The maximum Gasteiger partial charge on any atom is 0.0606 e. The molecule has 0 bridgehead atoms. The number of nitrogens with two attached hydrogens (primary N) is 1. The third-order valence-electron chi connectivity index (χ3n) is 3.77. The zero-order valence-electron chi connectivity index (χ0n) is 11.2. The van der Waals surface area contributed by atoms with Crippen LogP contribution in [0.4, 0.5) is 11.4 Å². The van der Waals surface area contributed by atoms with E-state index in [-0.39, 0.29) is 6.61 Å². The zero-order valence-corrected chi connectivity index (χ0v) is 11.2. The van der Waals surface area contributed by atoms with E-state index < -0.39 is 0 Å². The van der Waals surface area contributed by atoms with Crippen LogP contribution in [0, 0.1) is 6.92 Å². The molecule has 1 fully saturated rings. The number of rotatable bonds is 4. The quantitative estimate of drug-likeness (QED) is 0.805. The molecule has 3 heteroatoms. The summed E-state index contributed by atoms with van der Waals surface area (Å²) in [6.45, 7) is 2.97. The highest BCUT2D eigenvalue weighted by Gasteiger charge is 2.21. The minimum Gasteiger partial charge on any atom is -0.399 e. The van der Waals surface area contributed by atoms with Crippen molar-refractivity contribution in [1.82, 2.24) is 0 Å². The van der Waals surface area contributed by atoms with E-state index in [1.807, 2.05) is 12.1 Å². The topological polar surface area (TPSA) is 49.5 Å². The minimum atomic E-state index is 0.199. The summed E-state index contributed by atoms with van der Waals surface area (Å²) in [6.07, 6.45) is 6.41. The summed E-state index contributed by atoms with van der Waals surface area (Å²) >= 11 is 0. The molecule has 1 aliphatic rings. The molecule has 0 spiro atoms. The lowest BCUT2D eigenvalue weighted by Gasteiger charge is -2.36. The van der Waals surface area contributed by atoms with Crippen LogP contribution in [0.3, 0.4) is 0 Å². The van der Waals surface area contributed by atoms with Crippen LogP contribution in [-0.2, 0) is 0 Å². The maximum atomic E-state index is 9.29. The van der Waals surface area contributed by atoms with Crippen LogP contribution in [0.5, 0.6) is 0 Å². The summed E-state index contributed by atoms with van der Waals surface area (Å²) in [6, 6.07) is 6.74. The standard InChI is InChI=1S/C15H24N2O/c1-12-9-13(16)11-15(10-12)17(7-8-18)14-5-3-2-4-6-14/h9-11,14,18H,2-8,16H2,1H3. The van der Waals surface area contributed by atoms with Gasteiger partial charge in [-0.25, -0.2) is 0 Å². The SMILES string of the molecule is Cc1cc(N)cc(N(CCO)C2CCCCC2)c1. The van der Waals surface area contributed by atoms with Gasteiger partial charge in [0, 0.05) is 24.0 Å². The average molecular weight is 248 g/mol. The summed E-state index contributed by atoms with van der Waals surface area (Å²) in [4.78, 5) is 2.34. The zero-order chi connectivity index (χ0) is 13.0. The van der Waals surface area contributed by atoms with Crippen molar-refractivity contribution in [3.8, 4) is 0 Å². The number of anilines is 2. The first-order valence-corrected chi connectivity index (χ1v) is 6.95. The summed E-state index contributed by atoms with van der Waals surface area (Å²) in [7, 11) is 0. The molecule has 1 aromatic carbocycles. The Bertz CT molecular complexity index is 366. The van der Waals surface area contributed by atoms with Gasteiger partial charge in [0.1, 0.15) is 0 Å². The molecule has 0 atom stereocenters. The van der Waals surface area contributed by atoms with Crippen molar-refractivity contribution in [2.75, 3.05) is 23.8 Å². The van der Waals surface area contributed by atoms with Gasteiger partial charge in [0.15, 0.2) is 0 Å². The highest BCUT2D eigenvalue weighted by molar-refractivity contribution is 5.59. The van der Waals surface area contributed by atoms with Crippen molar-refractivity contribution >= 4 is 11.4 Å². The molecule has 3 N–H and O–H groups in total. The molecule has 0 heterocycles. The number of nitrogens with zero attached hydrogens (tertiary/aromatic N) is 1. The number of nitrogen functional groups attached to an aromatic ring is 1. The van der Waals surface area contributed by atoms with E-state index in [1.54, 1.807) is 0 Å². The van der Waals surface area contributed by atoms with Crippen molar-refractivity contribution in [2.24, 2.45) is 0 Å². The van der Waals surface area contributed by atoms with Gasteiger partial charge in [0.2, 0.25) is 0 Å². The number of benzene rings is 1. The van der Waals surface area contributed by atoms with Gasteiger partial charge in [-0.3, -0.25) is 0 Å². The van der Waals surface area contributed by atoms with E-state index in [9.17, 15) is 5.11 Å². The number of aliphatic hydroxyl groups is 1. The van der Waals surface area contributed by atoms with Crippen molar-refractivity contribution in [2.45, 2.75) is 45.1 Å². The van der Waals surface area contributed by atoms with Crippen molar-refractivity contribution in [3.63, 3.8) is 0 Å². The van der Waals surface area contributed by atoms with Gasteiger partial charge in [-0.1, -0.05) is 19.3 Å². The number of hydrogen-bond acceptors (Lipinski definition) is 3. The Balaban J connectivity index is 2.22. The third kappa shape index (κ3) is 3.16. The molecular weight excluding hydrogens is 224 g/mol. The molecule has 0 aromatic heterocycles. The summed E-state index contributed by atoms with van der Waals surface area (Å²) in [5.74, 6) is 0. The highest BCUT2D eigenvalue weighted by atomic mass is 16.3. The van der Waals surface area contributed by atoms with Crippen LogP contribution in [0.2, 0.25) is 0 Å². The Kier molecular flexibility index (Phi) is 4.48. The van der Waals surface area contributed by atoms with E-state index in [0.717, 1.165) is 11.4 Å². The van der Waals surface area contributed by atoms with E-state index in [4.69, 9.17) is 5.73 Å². The first kappa shape index (κ1) is 13.2. The molecule has 18 heavy (non-hydrogen) atoms. The van der Waals surface area contributed by atoms with Gasteiger partial charge in [-0.2, -0.15) is 0 Å². The van der Waals surface area contributed by atoms with Crippen molar-refractivity contribution in [1.29, 1.82) is 0 Å². The molecule has 1 aromatic rings. The highest BCUT2D eigenvalue weighted by Crippen LogP contribution is 2.29. The Hall–Kier alpha value is -1.22. The normalized spacial score (nSPS) is 16.8. The van der Waals surface area contributed by atoms with Gasteiger partial charge in [-0.15, -0.1) is 0 Å². The van der Waals surface area contributed by atoms with E-state index in [1.165, 1.54) is 37.7 Å². The molecule has 2 rings (SSSR count). The monoisotopic (exact) mass is 248 g/mol. The van der Waals surface area contributed by atoms with Gasteiger partial charge in [0.25, 0.3) is 0 Å². The van der Waals surface area contributed by atoms with Crippen LogP contribution in [0.25, 0.3) is 0 Å². The Labute approximate surface area is 110 Å². The Morgan fingerprint density at radius 3 is 2.56 bits per heavy atom. The number of aliphatic hydroxyl groups excluding tert-OH is 1. The van der Waals surface area contributed by atoms with Crippen LogP contribution in [0.1, 0.15) is 37.7 Å². The molecule has 0 radical (unpaired) electrons. The number of hydrogen-bond donors (Lipinski definition) is 2. The minimum absolute atomic E-state index is 0.199. The smallest absolute Gasteiger partial charge is 0.0606 e. The fourth-order valence-corrected chi connectivity index (χ4v) is 2.98. The molecule has 3 nitrogen and oxygen atoms in total. The molecule has 0 amide bonds. The molecule has 0 unspecified atom stereocenters. The molecule has 100 valence electrons. The summed E-state index contributed by atoms with van der Waals surface area (Å²) < 4.78 is 0. The first-order chi connectivity index (χ1) is 8.70. The summed E-state index contributed by atoms with van der Waals surface area (Å²) in [5.41, 5.74) is 9.09. The van der Waals surface area contributed by atoms with E-state index >= 15 is 0 Å². The van der Waals surface area contributed by atoms with Crippen LogP contribution < -0.4 is 10.6 Å². The molecule has 1 aliphatic carbocycles. The third-order valence-corrected chi connectivity index (χ3v) is 3.77. The van der Waals surface area contributed by atoms with Crippen molar-refractivity contribution < 1.29 is 5.11 Å². The predicted molar refractivity (Wildman–Crippen MR) is 76.9 cm³/mol. The lowest BCUT2D eigenvalue weighted by molar-refractivity contribution is 0.290. The van der Waals surface area contributed by atoms with Gasteiger partial charge >= 0.3 is 0 Å². The van der Waals surface area contributed by atoms with Crippen molar-refractivity contribution in [3.05, 3.63) is 23.8 Å². The second-order valence-corrected chi connectivity index (χ2v) is 5.31. The fraction of sp³-hybridized carbons (Fsp3) is 0.600. The van der Waals surface area contributed by atoms with Gasteiger partial charge in [0.05, 0.1) is 6.61 Å². The second kappa shape index (κ2) is 6.10. The average Bonchev–Trinajstić information content (AvgIpc) is 2.36. The first-order valence-electron chi connectivity index (χ1n) is 6.95. The molecule has 0 aliphatic heterocycles. The van der Waals surface area contributed by atoms with E-state index in [2.05, 4.69) is 17.9 Å². The van der Waals surface area contributed by atoms with Gasteiger partial charge in [-0.05, 0) is 43.5 Å². The summed E-state index contributed by atoms with van der Waals surface area (Å²) in [5, 5.41) is 9.29. The fourth-order valence-electron chi connectivity index (χ4n) is 2.98. The molecule has 0 saturated heterocycles. The second-order valence-electron chi connectivity index (χ2n) is 5.31. The lowest BCUT2D eigenvalue weighted by Crippen LogP contribution is -2.38. The lowest BCUT2D eigenvalue weighted by atomic mass is 9.93. The Morgan fingerprint density at radius 1 is 1.22 bits per heavy atom. The Morgan fingerprint density at radius 2 is 1.94 bits per heavy atom. The predicted octanol–water partition coefficient (Wildman–Crippen LogP) is 2.71. The van der Waals surface area contributed by atoms with E-state index in [0.29, 0.717) is 12.6 Å². The molecular formula is C15H24N2O. The van der Waals surface area contributed by atoms with Crippen LogP contribution >= 0.6 is 0 Å². The van der Waals surface area contributed by atoms with Gasteiger partial charge < -0.3 is 15.7 Å². The largest absolute Gasteiger partial charge is 0.399 e. The van der Waals surface area contributed by atoms with Crippen LogP contribution in [-0.4, -0.2) is 24.3 Å².